The van der Waals surface area contributed by atoms with E-state index < -0.39 is 0 Å². The molecule has 21 heavy (non-hydrogen) atoms. The highest BCUT2D eigenvalue weighted by Crippen LogP contribution is 2.38. The average Bonchev–Trinajstić information content (AvgIpc) is 3.12. The zero-order chi connectivity index (χ0) is 14.6. The summed E-state index contributed by atoms with van der Waals surface area (Å²) in [5.41, 5.74) is 1.44. The van der Waals surface area contributed by atoms with Gasteiger partial charge in [0.25, 0.3) is 5.56 Å². The molecule has 2 aromatic rings. The predicted octanol–water partition coefficient (Wildman–Crippen LogP) is 4.07. The highest BCUT2D eigenvalue weighted by atomic mass is 32.2. The van der Waals surface area contributed by atoms with Crippen LogP contribution in [0.3, 0.4) is 0 Å². The number of aromatic nitrogens is 2. The molecule has 1 saturated carbocycles. The maximum absolute atomic E-state index is 13.0. The summed E-state index contributed by atoms with van der Waals surface area (Å²) in [5, 5.41) is 1.59. The highest BCUT2D eigenvalue weighted by Gasteiger charge is 2.29. The van der Waals surface area contributed by atoms with Crippen molar-refractivity contribution in [2.75, 3.05) is 6.26 Å². The van der Waals surface area contributed by atoms with E-state index in [1.807, 2.05) is 16.3 Å². The standard InChI is InChI=1S/C15H18N2OS3/c1-20-9-6-5-8(7-9)17-14(18)12-10-3-2-4-11(10)21-13(12)16-15(17)19/h8-9H,2-7H2,1H3,(H,16,19). The molecular formula is C15H18N2OS3. The van der Waals surface area contributed by atoms with Crippen LogP contribution in [-0.2, 0) is 12.8 Å². The second-order valence-electron chi connectivity index (χ2n) is 5.99. The molecule has 2 heterocycles. The minimum absolute atomic E-state index is 0.153. The molecule has 0 amide bonds. The van der Waals surface area contributed by atoms with Crippen LogP contribution in [-0.4, -0.2) is 21.1 Å². The van der Waals surface area contributed by atoms with Crippen molar-refractivity contribution >= 4 is 45.5 Å². The molecule has 0 spiro atoms. The number of aryl methyl sites for hydroxylation is 2. The minimum Gasteiger partial charge on any atom is -0.323 e. The number of rotatable bonds is 2. The van der Waals surface area contributed by atoms with E-state index in [-0.39, 0.29) is 11.6 Å². The molecule has 2 aromatic heterocycles. The summed E-state index contributed by atoms with van der Waals surface area (Å²) in [7, 11) is 0. The molecule has 1 N–H and O–H groups in total. The largest absolute Gasteiger partial charge is 0.323 e. The van der Waals surface area contributed by atoms with Crippen LogP contribution in [0.25, 0.3) is 10.2 Å². The van der Waals surface area contributed by atoms with Crippen LogP contribution in [0.5, 0.6) is 0 Å². The van der Waals surface area contributed by atoms with E-state index in [1.165, 1.54) is 23.3 Å². The predicted molar refractivity (Wildman–Crippen MR) is 93.5 cm³/mol. The van der Waals surface area contributed by atoms with Gasteiger partial charge in [-0.05, 0) is 62.6 Å². The molecule has 2 aliphatic rings. The first-order valence-corrected chi connectivity index (χ1v) is 10.0. The van der Waals surface area contributed by atoms with E-state index in [2.05, 4.69) is 11.2 Å². The van der Waals surface area contributed by atoms with E-state index in [4.69, 9.17) is 12.2 Å². The maximum Gasteiger partial charge on any atom is 0.263 e. The third-order valence-corrected chi connectivity index (χ3v) is 7.45. The van der Waals surface area contributed by atoms with Crippen molar-refractivity contribution < 1.29 is 0 Å². The van der Waals surface area contributed by atoms with Gasteiger partial charge in [-0.2, -0.15) is 11.8 Å². The van der Waals surface area contributed by atoms with Crippen molar-refractivity contribution in [1.82, 2.24) is 9.55 Å². The fraction of sp³-hybridized carbons (Fsp3) is 0.600. The second-order valence-corrected chi connectivity index (χ2v) is 8.62. The van der Waals surface area contributed by atoms with Crippen LogP contribution in [0, 0.1) is 4.77 Å². The summed E-state index contributed by atoms with van der Waals surface area (Å²) < 4.78 is 2.48. The van der Waals surface area contributed by atoms with Crippen molar-refractivity contribution in [2.24, 2.45) is 0 Å². The van der Waals surface area contributed by atoms with E-state index in [1.54, 1.807) is 11.3 Å². The van der Waals surface area contributed by atoms with Gasteiger partial charge in [0.1, 0.15) is 4.83 Å². The van der Waals surface area contributed by atoms with Crippen molar-refractivity contribution in [3.05, 3.63) is 25.6 Å². The number of hydrogen-bond donors (Lipinski definition) is 1. The molecule has 2 atom stereocenters. The van der Waals surface area contributed by atoms with E-state index >= 15 is 0 Å². The lowest BCUT2D eigenvalue weighted by Crippen LogP contribution is -2.25. The lowest BCUT2D eigenvalue weighted by Gasteiger charge is -2.14. The van der Waals surface area contributed by atoms with Crippen LogP contribution in [0.4, 0.5) is 0 Å². The Kier molecular flexibility index (Phi) is 3.51. The highest BCUT2D eigenvalue weighted by molar-refractivity contribution is 7.99. The number of hydrogen-bond acceptors (Lipinski definition) is 4. The minimum atomic E-state index is 0.153. The fourth-order valence-corrected chi connectivity index (χ4v) is 6.25. The van der Waals surface area contributed by atoms with Gasteiger partial charge in [0.05, 0.1) is 5.39 Å². The Hall–Kier alpha value is -0.590. The zero-order valence-electron chi connectivity index (χ0n) is 12.0. The molecule has 0 bridgehead atoms. The van der Waals surface area contributed by atoms with E-state index in [0.29, 0.717) is 10.0 Å². The summed E-state index contributed by atoms with van der Waals surface area (Å²) >= 11 is 9.13. The van der Waals surface area contributed by atoms with Gasteiger partial charge in [-0.25, -0.2) is 0 Å². The fourth-order valence-electron chi connectivity index (χ4n) is 3.79. The summed E-state index contributed by atoms with van der Waals surface area (Å²) in [5.74, 6) is 0. The van der Waals surface area contributed by atoms with Crippen molar-refractivity contribution in [1.29, 1.82) is 0 Å². The Labute approximate surface area is 136 Å². The summed E-state index contributed by atoms with van der Waals surface area (Å²) in [4.78, 5) is 18.7. The van der Waals surface area contributed by atoms with E-state index in [0.717, 1.165) is 35.9 Å². The lowest BCUT2D eigenvalue weighted by atomic mass is 10.2. The topological polar surface area (TPSA) is 37.8 Å². The smallest absolute Gasteiger partial charge is 0.263 e. The Morgan fingerprint density at radius 3 is 3.00 bits per heavy atom. The second kappa shape index (κ2) is 5.25. The number of nitrogens with zero attached hydrogens (tertiary/aromatic N) is 1. The van der Waals surface area contributed by atoms with Crippen molar-refractivity contribution in [3.63, 3.8) is 0 Å². The first kappa shape index (κ1) is 14.0. The third-order valence-electron chi connectivity index (χ3n) is 4.85. The molecule has 112 valence electrons. The molecular weight excluding hydrogens is 320 g/mol. The number of fused-ring (bicyclic) bond motifs is 3. The van der Waals surface area contributed by atoms with Crippen LogP contribution in [0.15, 0.2) is 4.79 Å². The van der Waals surface area contributed by atoms with Gasteiger partial charge in [0.2, 0.25) is 0 Å². The van der Waals surface area contributed by atoms with Gasteiger partial charge >= 0.3 is 0 Å². The summed E-state index contributed by atoms with van der Waals surface area (Å²) in [6.07, 6.45) is 8.83. The van der Waals surface area contributed by atoms with Gasteiger partial charge in [0.15, 0.2) is 4.77 Å². The van der Waals surface area contributed by atoms with Crippen molar-refractivity contribution in [3.8, 4) is 0 Å². The monoisotopic (exact) mass is 338 g/mol. The molecule has 0 aliphatic heterocycles. The molecule has 0 aromatic carbocycles. The Bertz CT molecular complexity index is 817. The maximum atomic E-state index is 13.0. The Morgan fingerprint density at radius 2 is 2.24 bits per heavy atom. The molecule has 1 fully saturated rings. The SMILES string of the molecule is CSC1CCC(n2c(=S)[nH]c3sc4c(c3c2=O)CCC4)C1. The molecule has 3 nitrogen and oxygen atoms in total. The van der Waals surface area contributed by atoms with Crippen molar-refractivity contribution in [2.45, 2.75) is 49.8 Å². The third kappa shape index (κ3) is 2.14. The molecule has 2 unspecified atom stereocenters. The Balaban J connectivity index is 1.90. The van der Waals surface area contributed by atoms with Gasteiger partial charge < -0.3 is 4.98 Å². The quantitative estimate of drug-likeness (QED) is 0.839. The van der Waals surface area contributed by atoms with Crippen LogP contribution >= 0.6 is 35.3 Å². The van der Waals surface area contributed by atoms with E-state index in [9.17, 15) is 4.79 Å². The summed E-state index contributed by atoms with van der Waals surface area (Å²) in [6.45, 7) is 0. The molecule has 0 saturated heterocycles. The van der Waals surface area contributed by atoms with Crippen LogP contribution in [0.1, 0.15) is 42.2 Å². The van der Waals surface area contributed by atoms with Gasteiger partial charge in [-0.15, -0.1) is 11.3 Å². The van der Waals surface area contributed by atoms with Gasteiger partial charge in [-0.3, -0.25) is 9.36 Å². The first-order valence-electron chi connectivity index (χ1n) is 7.51. The first-order chi connectivity index (χ1) is 10.2. The molecule has 0 radical (unpaired) electrons. The molecule has 6 heteroatoms. The number of thioether (sulfide) groups is 1. The summed E-state index contributed by atoms with van der Waals surface area (Å²) in [6, 6.07) is 0.278. The number of aromatic amines is 1. The molecule has 4 rings (SSSR count). The Morgan fingerprint density at radius 1 is 1.38 bits per heavy atom. The lowest BCUT2D eigenvalue weighted by molar-refractivity contribution is 0.494. The molecule has 2 aliphatic carbocycles. The normalized spacial score (nSPS) is 24.8. The number of nitrogens with one attached hydrogen (secondary N) is 1. The average molecular weight is 339 g/mol. The zero-order valence-corrected chi connectivity index (χ0v) is 14.4. The van der Waals surface area contributed by atoms with Gasteiger partial charge in [0, 0.05) is 16.2 Å². The number of thiophene rings is 1. The van der Waals surface area contributed by atoms with Crippen LogP contribution < -0.4 is 5.56 Å². The van der Waals surface area contributed by atoms with Gasteiger partial charge in [-0.1, -0.05) is 0 Å². The number of H-pyrrole nitrogens is 1. The van der Waals surface area contributed by atoms with Crippen LogP contribution in [0.2, 0.25) is 0 Å².